The van der Waals surface area contributed by atoms with Crippen molar-refractivity contribution >= 4 is 40.3 Å². The van der Waals surface area contributed by atoms with Crippen LogP contribution in [0.3, 0.4) is 0 Å². The highest BCUT2D eigenvalue weighted by Gasteiger charge is 2.33. The molecule has 1 fully saturated rings. The van der Waals surface area contributed by atoms with Gasteiger partial charge in [-0.05, 0) is 48.5 Å². The number of benzene rings is 2. The summed E-state index contributed by atoms with van der Waals surface area (Å²) in [5.41, 5.74) is 2.58. The zero-order valence-electron chi connectivity index (χ0n) is 18.0. The SMILES string of the molecule is COc1ccc(-c2nn(-c3ccccc3)cc2/C=C2/SC(=S)N(Cc3ccco3)C2=O)cc1F. The van der Waals surface area contributed by atoms with E-state index in [1.54, 1.807) is 41.3 Å². The number of rotatable bonds is 6. The molecule has 0 spiro atoms. The van der Waals surface area contributed by atoms with Crippen molar-refractivity contribution in [1.82, 2.24) is 14.7 Å². The molecule has 3 heterocycles. The van der Waals surface area contributed by atoms with Crippen molar-refractivity contribution in [3.63, 3.8) is 0 Å². The van der Waals surface area contributed by atoms with Gasteiger partial charge in [0.1, 0.15) is 15.8 Å². The molecule has 0 unspecified atom stereocenters. The molecule has 1 aliphatic heterocycles. The summed E-state index contributed by atoms with van der Waals surface area (Å²) in [7, 11) is 1.42. The van der Waals surface area contributed by atoms with Crippen LogP contribution in [0.15, 0.2) is 82.4 Å². The number of nitrogens with zero attached hydrogens (tertiary/aromatic N) is 3. The number of aromatic nitrogens is 2. The lowest BCUT2D eigenvalue weighted by Crippen LogP contribution is -2.27. The summed E-state index contributed by atoms with van der Waals surface area (Å²) < 4.78 is 27.0. The molecule has 0 bridgehead atoms. The van der Waals surface area contributed by atoms with Crippen LogP contribution in [0.5, 0.6) is 5.75 Å². The molecule has 9 heteroatoms. The van der Waals surface area contributed by atoms with Gasteiger partial charge in [-0.3, -0.25) is 9.69 Å². The van der Waals surface area contributed by atoms with Gasteiger partial charge >= 0.3 is 0 Å². The largest absolute Gasteiger partial charge is 0.494 e. The number of amides is 1. The molecule has 2 aromatic heterocycles. The first-order valence-electron chi connectivity index (χ1n) is 10.3. The van der Waals surface area contributed by atoms with Gasteiger partial charge in [0.25, 0.3) is 5.91 Å². The number of carbonyl (C=O) groups excluding carboxylic acids is 1. The summed E-state index contributed by atoms with van der Waals surface area (Å²) in [5, 5.41) is 4.70. The number of thiocarbonyl (C=S) groups is 1. The van der Waals surface area contributed by atoms with Crippen LogP contribution < -0.4 is 4.74 Å². The Bertz CT molecular complexity index is 1400. The molecule has 0 atom stereocenters. The quantitative estimate of drug-likeness (QED) is 0.255. The Morgan fingerprint density at radius 1 is 1.18 bits per heavy atom. The Labute approximate surface area is 204 Å². The Balaban J connectivity index is 1.55. The summed E-state index contributed by atoms with van der Waals surface area (Å²) in [5.74, 6) is 0.0751. The van der Waals surface area contributed by atoms with Gasteiger partial charge in [0.2, 0.25) is 0 Å². The van der Waals surface area contributed by atoms with Crippen molar-refractivity contribution in [2.24, 2.45) is 0 Å². The van der Waals surface area contributed by atoms with Crippen molar-refractivity contribution < 1.29 is 18.3 Å². The lowest BCUT2D eigenvalue weighted by atomic mass is 10.1. The lowest BCUT2D eigenvalue weighted by Gasteiger charge is -2.11. The van der Waals surface area contributed by atoms with E-state index < -0.39 is 5.82 Å². The highest BCUT2D eigenvalue weighted by atomic mass is 32.2. The molecule has 2 aromatic carbocycles. The van der Waals surface area contributed by atoms with E-state index in [1.807, 2.05) is 36.5 Å². The van der Waals surface area contributed by atoms with Gasteiger partial charge < -0.3 is 9.15 Å². The van der Waals surface area contributed by atoms with E-state index in [0.717, 1.165) is 5.69 Å². The monoisotopic (exact) mass is 491 g/mol. The minimum absolute atomic E-state index is 0.145. The fourth-order valence-electron chi connectivity index (χ4n) is 3.58. The van der Waals surface area contributed by atoms with Gasteiger partial charge in [0.15, 0.2) is 11.6 Å². The summed E-state index contributed by atoms with van der Waals surface area (Å²) in [6.07, 6.45) is 5.11. The number of ether oxygens (including phenoxy) is 1. The molecule has 0 radical (unpaired) electrons. The molecule has 170 valence electrons. The number of para-hydroxylation sites is 1. The fourth-order valence-corrected chi connectivity index (χ4v) is 4.83. The second kappa shape index (κ2) is 9.28. The summed E-state index contributed by atoms with van der Waals surface area (Å²) in [4.78, 5) is 15.1. The third kappa shape index (κ3) is 4.27. The number of hydrogen-bond acceptors (Lipinski definition) is 6. The molecule has 0 aliphatic carbocycles. The first-order chi connectivity index (χ1) is 16.5. The van der Waals surface area contributed by atoms with Crippen LogP contribution in [0.25, 0.3) is 23.0 Å². The molecule has 0 saturated carbocycles. The van der Waals surface area contributed by atoms with E-state index in [0.29, 0.717) is 31.8 Å². The zero-order valence-corrected chi connectivity index (χ0v) is 19.6. The highest BCUT2D eigenvalue weighted by Crippen LogP contribution is 2.36. The number of hydrogen-bond donors (Lipinski definition) is 0. The number of halogens is 1. The second-order valence-electron chi connectivity index (χ2n) is 7.41. The van der Waals surface area contributed by atoms with Crippen LogP contribution in [0.2, 0.25) is 0 Å². The van der Waals surface area contributed by atoms with Crippen LogP contribution in [0.4, 0.5) is 4.39 Å². The molecule has 1 saturated heterocycles. The summed E-state index contributed by atoms with van der Waals surface area (Å²) in [6, 6.07) is 17.8. The van der Waals surface area contributed by atoms with E-state index in [2.05, 4.69) is 0 Å². The van der Waals surface area contributed by atoms with Crippen LogP contribution >= 0.6 is 24.0 Å². The van der Waals surface area contributed by atoms with Gasteiger partial charge in [-0.1, -0.05) is 42.2 Å². The zero-order chi connectivity index (χ0) is 23.7. The van der Waals surface area contributed by atoms with Crippen LogP contribution in [0, 0.1) is 5.82 Å². The standard InChI is InChI=1S/C25H18FN3O3S2/c1-31-21-10-9-16(12-20(21)26)23-17(14-29(27-23)18-6-3-2-4-7-18)13-22-24(30)28(25(33)34-22)15-19-8-5-11-32-19/h2-14H,15H2,1H3/b22-13+. The third-order valence-electron chi connectivity index (χ3n) is 5.24. The number of thioether (sulfide) groups is 1. The predicted octanol–water partition coefficient (Wildman–Crippen LogP) is 5.68. The molecule has 1 amide bonds. The highest BCUT2D eigenvalue weighted by molar-refractivity contribution is 8.26. The average Bonchev–Trinajstić information content (AvgIpc) is 3.57. The van der Waals surface area contributed by atoms with E-state index in [4.69, 9.17) is 26.5 Å². The van der Waals surface area contributed by atoms with Gasteiger partial charge in [0, 0.05) is 17.3 Å². The van der Waals surface area contributed by atoms with Crippen molar-refractivity contribution in [2.75, 3.05) is 7.11 Å². The number of carbonyl (C=O) groups is 1. The first kappa shape index (κ1) is 22.1. The number of methoxy groups -OCH3 is 1. The predicted molar refractivity (Wildman–Crippen MR) is 133 cm³/mol. The van der Waals surface area contributed by atoms with E-state index in [1.165, 1.54) is 29.8 Å². The van der Waals surface area contributed by atoms with Gasteiger partial charge in [-0.2, -0.15) is 5.10 Å². The second-order valence-corrected chi connectivity index (χ2v) is 9.09. The third-order valence-corrected chi connectivity index (χ3v) is 6.62. The van der Waals surface area contributed by atoms with Gasteiger partial charge in [-0.15, -0.1) is 0 Å². The van der Waals surface area contributed by atoms with Gasteiger partial charge in [0.05, 0.1) is 30.5 Å². The minimum atomic E-state index is -0.495. The van der Waals surface area contributed by atoms with Crippen LogP contribution in [-0.2, 0) is 11.3 Å². The smallest absolute Gasteiger partial charge is 0.266 e. The Hall–Kier alpha value is -3.69. The molecular weight excluding hydrogens is 473 g/mol. The van der Waals surface area contributed by atoms with Gasteiger partial charge in [-0.25, -0.2) is 9.07 Å². The fraction of sp³-hybridized carbons (Fsp3) is 0.0800. The Kier molecular flexibility index (Phi) is 6.04. The average molecular weight is 492 g/mol. The van der Waals surface area contributed by atoms with Crippen molar-refractivity contribution in [3.05, 3.63) is 95.2 Å². The molecule has 6 nitrogen and oxygen atoms in total. The molecule has 34 heavy (non-hydrogen) atoms. The van der Waals surface area contributed by atoms with Crippen molar-refractivity contribution in [3.8, 4) is 22.7 Å². The molecule has 5 rings (SSSR count). The maximum Gasteiger partial charge on any atom is 0.266 e. The van der Waals surface area contributed by atoms with Crippen molar-refractivity contribution in [1.29, 1.82) is 0 Å². The lowest BCUT2D eigenvalue weighted by molar-refractivity contribution is -0.122. The molecule has 1 aliphatic rings. The van der Waals surface area contributed by atoms with Crippen LogP contribution in [-0.4, -0.2) is 32.0 Å². The van der Waals surface area contributed by atoms with E-state index >= 15 is 0 Å². The van der Waals surface area contributed by atoms with Crippen LogP contribution in [0.1, 0.15) is 11.3 Å². The first-order valence-corrected chi connectivity index (χ1v) is 11.5. The molecule has 4 aromatic rings. The normalized spacial score (nSPS) is 14.9. The van der Waals surface area contributed by atoms with Crippen molar-refractivity contribution in [2.45, 2.75) is 6.54 Å². The summed E-state index contributed by atoms with van der Waals surface area (Å²) in [6.45, 7) is 0.259. The topological polar surface area (TPSA) is 60.5 Å². The maximum absolute atomic E-state index is 14.5. The maximum atomic E-state index is 14.5. The Morgan fingerprint density at radius 2 is 2.00 bits per heavy atom. The molecule has 0 N–H and O–H groups in total. The Morgan fingerprint density at radius 3 is 2.71 bits per heavy atom. The summed E-state index contributed by atoms with van der Waals surface area (Å²) >= 11 is 6.65. The van der Waals surface area contributed by atoms with E-state index in [-0.39, 0.29) is 18.2 Å². The molecular formula is C25H18FN3O3S2. The number of furan rings is 1. The minimum Gasteiger partial charge on any atom is -0.494 e. The van der Waals surface area contributed by atoms with E-state index in [9.17, 15) is 9.18 Å².